The maximum absolute atomic E-state index is 12.0. The highest BCUT2D eigenvalue weighted by Gasteiger charge is 2.23. The van der Waals surface area contributed by atoms with Crippen LogP contribution in [0.25, 0.3) is 0 Å². The van der Waals surface area contributed by atoms with Gasteiger partial charge in [0, 0.05) is 18.8 Å². The van der Waals surface area contributed by atoms with Crippen molar-refractivity contribution in [1.82, 2.24) is 20.4 Å². The lowest BCUT2D eigenvalue weighted by molar-refractivity contribution is 0.0948. The molecule has 2 heterocycles. The summed E-state index contributed by atoms with van der Waals surface area (Å²) in [6.45, 7) is 7.95. The zero-order chi connectivity index (χ0) is 13.1. The van der Waals surface area contributed by atoms with E-state index in [2.05, 4.69) is 27.3 Å². The van der Waals surface area contributed by atoms with Crippen LogP contribution < -0.4 is 11.1 Å². The van der Waals surface area contributed by atoms with Crippen molar-refractivity contribution >= 4 is 11.7 Å². The summed E-state index contributed by atoms with van der Waals surface area (Å²) < 4.78 is 0. The lowest BCUT2D eigenvalue weighted by atomic mass is 10.1. The topological polar surface area (TPSA) is 87.0 Å². The monoisotopic (exact) mass is 251 g/mol. The van der Waals surface area contributed by atoms with Crippen molar-refractivity contribution in [2.45, 2.75) is 20.3 Å². The molecule has 1 saturated heterocycles. The summed E-state index contributed by atoms with van der Waals surface area (Å²) in [5.41, 5.74) is 6.85. The Balaban J connectivity index is 1.86. The van der Waals surface area contributed by atoms with Gasteiger partial charge in [-0.25, -0.2) is 0 Å². The molecule has 0 bridgehead atoms. The molecular weight excluding hydrogens is 230 g/mol. The van der Waals surface area contributed by atoms with Crippen LogP contribution in [0.5, 0.6) is 0 Å². The first-order valence-corrected chi connectivity index (χ1v) is 6.42. The first-order valence-electron chi connectivity index (χ1n) is 6.42. The van der Waals surface area contributed by atoms with Gasteiger partial charge in [0.1, 0.15) is 5.56 Å². The van der Waals surface area contributed by atoms with E-state index in [1.165, 1.54) is 0 Å². The second kappa shape index (κ2) is 5.39. The van der Waals surface area contributed by atoms with E-state index in [0.29, 0.717) is 23.7 Å². The highest BCUT2D eigenvalue weighted by atomic mass is 16.1. The van der Waals surface area contributed by atoms with Crippen LogP contribution in [0.1, 0.15) is 29.4 Å². The van der Waals surface area contributed by atoms with E-state index >= 15 is 0 Å². The molecule has 18 heavy (non-hydrogen) atoms. The number of nitrogen functional groups attached to an aromatic ring is 1. The maximum atomic E-state index is 12.0. The molecule has 4 N–H and O–H groups in total. The second-order valence-corrected chi connectivity index (χ2v) is 4.87. The number of H-pyrrole nitrogens is 1. The summed E-state index contributed by atoms with van der Waals surface area (Å²) in [7, 11) is 0. The number of aromatic amines is 1. The van der Waals surface area contributed by atoms with Gasteiger partial charge in [0.2, 0.25) is 0 Å². The number of nitrogens with zero attached hydrogens (tertiary/aromatic N) is 2. The molecule has 1 amide bonds. The van der Waals surface area contributed by atoms with Crippen molar-refractivity contribution in [3.63, 3.8) is 0 Å². The van der Waals surface area contributed by atoms with E-state index < -0.39 is 0 Å². The first kappa shape index (κ1) is 12.9. The molecule has 0 spiro atoms. The van der Waals surface area contributed by atoms with Crippen LogP contribution >= 0.6 is 0 Å². The predicted molar refractivity (Wildman–Crippen MR) is 70.3 cm³/mol. The van der Waals surface area contributed by atoms with Gasteiger partial charge in [-0.05, 0) is 32.4 Å². The molecule has 6 nitrogen and oxygen atoms in total. The Hall–Kier alpha value is -1.56. The number of amides is 1. The van der Waals surface area contributed by atoms with Gasteiger partial charge < -0.3 is 16.0 Å². The molecule has 0 aliphatic carbocycles. The van der Waals surface area contributed by atoms with E-state index in [9.17, 15) is 4.79 Å². The zero-order valence-corrected chi connectivity index (χ0v) is 11.0. The zero-order valence-electron chi connectivity index (χ0n) is 11.0. The Morgan fingerprint density at radius 2 is 2.44 bits per heavy atom. The standard InChI is InChI=1S/C12H21N5O/c1-3-17-5-4-9(7-17)6-14-12(18)10-8(2)15-16-11(10)13/h9H,3-7H2,1-2H3,(H,14,18)(H3,13,15,16). The van der Waals surface area contributed by atoms with Gasteiger partial charge in [-0.3, -0.25) is 9.89 Å². The van der Waals surface area contributed by atoms with Gasteiger partial charge in [0.15, 0.2) is 5.82 Å². The van der Waals surface area contributed by atoms with E-state index in [4.69, 9.17) is 5.73 Å². The van der Waals surface area contributed by atoms with Crippen molar-refractivity contribution in [1.29, 1.82) is 0 Å². The first-order chi connectivity index (χ1) is 8.61. The number of aryl methyl sites for hydroxylation is 1. The number of anilines is 1. The molecule has 0 saturated carbocycles. The molecule has 1 atom stereocenters. The molecule has 0 aromatic carbocycles. The average molecular weight is 251 g/mol. The Kier molecular flexibility index (Phi) is 3.86. The summed E-state index contributed by atoms with van der Waals surface area (Å²) in [5, 5.41) is 9.49. The average Bonchev–Trinajstić information content (AvgIpc) is 2.93. The summed E-state index contributed by atoms with van der Waals surface area (Å²) in [6.07, 6.45) is 1.15. The molecule has 1 fully saturated rings. The van der Waals surface area contributed by atoms with Gasteiger partial charge in [0.05, 0.1) is 0 Å². The minimum absolute atomic E-state index is 0.131. The number of rotatable bonds is 4. The van der Waals surface area contributed by atoms with Crippen LogP contribution in [0.15, 0.2) is 0 Å². The number of carbonyl (C=O) groups is 1. The third kappa shape index (κ3) is 2.64. The van der Waals surface area contributed by atoms with Crippen LogP contribution in [-0.4, -0.2) is 47.2 Å². The molecule has 2 rings (SSSR count). The largest absolute Gasteiger partial charge is 0.382 e. The number of nitrogens with two attached hydrogens (primary N) is 1. The van der Waals surface area contributed by atoms with Crippen molar-refractivity contribution in [3.8, 4) is 0 Å². The van der Waals surface area contributed by atoms with Crippen LogP contribution in [0, 0.1) is 12.8 Å². The molecule has 100 valence electrons. The Morgan fingerprint density at radius 3 is 3.00 bits per heavy atom. The third-order valence-electron chi connectivity index (χ3n) is 3.57. The number of aromatic nitrogens is 2. The van der Waals surface area contributed by atoms with E-state index in [0.717, 1.165) is 26.1 Å². The number of hydrogen-bond acceptors (Lipinski definition) is 4. The van der Waals surface area contributed by atoms with Crippen LogP contribution in [-0.2, 0) is 0 Å². The number of nitrogens with one attached hydrogen (secondary N) is 2. The maximum Gasteiger partial charge on any atom is 0.256 e. The quantitative estimate of drug-likeness (QED) is 0.721. The summed E-state index contributed by atoms with van der Waals surface area (Å²) in [6, 6.07) is 0. The number of likely N-dealkylation sites (tertiary alicyclic amines) is 1. The Morgan fingerprint density at radius 1 is 1.67 bits per heavy atom. The highest BCUT2D eigenvalue weighted by molar-refractivity contribution is 5.99. The summed E-state index contributed by atoms with van der Waals surface area (Å²) in [5.74, 6) is 0.683. The van der Waals surface area contributed by atoms with Crippen molar-refractivity contribution in [2.24, 2.45) is 5.92 Å². The number of carbonyl (C=O) groups excluding carboxylic acids is 1. The predicted octanol–water partition coefficient (Wildman–Crippen LogP) is 0.372. The van der Waals surface area contributed by atoms with E-state index in [-0.39, 0.29) is 11.7 Å². The summed E-state index contributed by atoms with van der Waals surface area (Å²) in [4.78, 5) is 14.4. The Bertz CT molecular complexity index is 409. The molecular formula is C12H21N5O. The fourth-order valence-corrected chi connectivity index (χ4v) is 2.43. The molecule has 1 aliphatic heterocycles. The van der Waals surface area contributed by atoms with Gasteiger partial charge >= 0.3 is 0 Å². The Labute approximate surface area is 107 Å². The minimum atomic E-state index is -0.131. The van der Waals surface area contributed by atoms with Gasteiger partial charge in [-0.2, -0.15) is 5.10 Å². The van der Waals surface area contributed by atoms with Crippen LogP contribution in [0.2, 0.25) is 0 Å². The molecule has 1 aromatic rings. The van der Waals surface area contributed by atoms with Crippen molar-refractivity contribution in [3.05, 3.63) is 11.3 Å². The molecule has 1 aromatic heterocycles. The minimum Gasteiger partial charge on any atom is -0.382 e. The fourth-order valence-electron chi connectivity index (χ4n) is 2.43. The van der Waals surface area contributed by atoms with Crippen molar-refractivity contribution < 1.29 is 4.79 Å². The number of hydrogen-bond donors (Lipinski definition) is 3. The van der Waals surface area contributed by atoms with Gasteiger partial charge in [-0.15, -0.1) is 0 Å². The van der Waals surface area contributed by atoms with E-state index in [1.54, 1.807) is 6.92 Å². The second-order valence-electron chi connectivity index (χ2n) is 4.87. The van der Waals surface area contributed by atoms with Crippen LogP contribution in [0.4, 0.5) is 5.82 Å². The lowest BCUT2D eigenvalue weighted by Crippen LogP contribution is -2.31. The summed E-state index contributed by atoms with van der Waals surface area (Å²) >= 11 is 0. The van der Waals surface area contributed by atoms with Gasteiger partial charge in [0.25, 0.3) is 5.91 Å². The lowest BCUT2D eigenvalue weighted by Gasteiger charge is -2.13. The third-order valence-corrected chi connectivity index (χ3v) is 3.57. The molecule has 0 radical (unpaired) electrons. The molecule has 1 unspecified atom stereocenters. The normalized spacial score (nSPS) is 20.2. The molecule has 1 aliphatic rings. The van der Waals surface area contributed by atoms with Crippen LogP contribution in [0.3, 0.4) is 0 Å². The van der Waals surface area contributed by atoms with Gasteiger partial charge in [-0.1, -0.05) is 6.92 Å². The fraction of sp³-hybridized carbons (Fsp3) is 0.667. The smallest absolute Gasteiger partial charge is 0.256 e. The van der Waals surface area contributed by atoms with Crippen molar-refractivity contribution in [2.75, 3.05) is 31.9 Å². The molecule has 6 heteroatoms. The van der Waals surface area contributed by atoms with E-state index in [1.807, 2.05) is 0 Å². The SMILES string of the molecule is CCN1CCC(CNC(=O)c2c(N)n[nH]c2C)C1. The highest BCUT2D eigenvalue weighted by Crippen LogP contribution is 2.16.